The quantitative estimate of drug-likeness (QED) is 0.581. The number of carbonyl (C=O) groups is 1. The molecule has 0 aliphatic carbocycles. The van der Waals surface area contributed by atoms with Crippen LogP contribution in [0.2, 0.25) is 0 Å². The Morgan fingerprint density at radius 3 is 2.91 bits per heavy atom. The number of aromatic amines is 1. The molecule has 0 saturated carbocycles. The van der Waals surface area contributed by atoms with Crippen LogP contribution in [0.4, 0.5) is 0 Å². The van der Waals surface area contributed by atoms with Crippen LogP contribution in [0, 0.1) is 0 Å². The molecule has 2 aromatic rings. The van der Waals surface area contributed by atoms with Crippen LogP contribution in [0.3, 0.4) is 0 Å². The summed E-state index contributed by atoms with van der Waals surface area (Å²) in [6, 6.07) is 0. The lowest BCUT2D eigenvalue weighted by molar-refractivity contribution is -0.0979. The van der Waals surface area contributed by atoms with Crippen molar-refractivity contribution >= 4 is 18.0 Å². The van der Waals surface area contributed by atoms with Crippen LogP contribution in [0.1, 0.15) is 0 Å². The van der Waals surface area contributed by atoms with Crippen molar-refractivity contribution in [3.8, 4) is 0 Å². The second-order valence-corrected chi connectivity index (χ2v) is 1.66. The van der Waals surface area contributed by atoms with Crippen molar-refractivity contribution in [2.45, 2.75) is 0 Å². The molecule has 2 rings (SSSR count). The molecule has 0 spiro atoms. The summed E-state index contributed by atoms with van der Waals surface area (Å²) >= 11 is 0. The second kappa shape index (κ2) is 3.40. The lowest BCUT2D eigenvalue weighted by Gasteiger charge is -1.80. The fourth-order valence-corrected chi connectivity index (χ4v) is 0.691. The maximum absolute atomic E-state index is 8.00. The van der Waals surface area contributed by atoms with Gasteiger partial charge in [-0.25, -0.2) is 15.0 Å². The molecule has 2 heterocycles. The first kappa shape index (κ1) is 7.33. The van der Waals surface area contributed by atoms with Gasteiger partial charge in [0, 0.05) is 0 Å². The van der Waals surface area contributed by atoms with Gasteiger partial charge >= 0.3 is 0 Å². The maximum atomic E-state index is 8.00. The van der Waals surface area contributed by atoms with E-state index < -0.39 is 0 Å². The standard InChI is InChI=1S/C5H4N4.CH2O/c1-4-5(8-2-6-1)9-3-7-4;1-2/h1-3H,(H,6,7,8,9);1H2. The Kier molecular flexibility index (Phi) is 2.27. The van der Waals surface area contributed by atoms with E-state index in [1.165, 1.54) is 6.33 Å². The van der Waals surface area contributed by atoms with Gasteiger partial charge in [-0.05, 0) is 0 Å². The number of fused-ring (bicyclic) bond motifs is 1. The van der Waals surface area contributed by atoms with Crippen molar-refractivity contribution < 1.29 is 4.79 Å². The molecule has 0 aromatic carbocycles. The van der Waals surface area contributed by atoms with E-state index in [0.717, 1.165) is 5.52 Å². The highest BCUT2D eigenvalue weighted by Gasteiger charge is 1.91. The van der Waals surface area contributed by atoms with Gasteiger partial charge in [-0.2, -0.15) is 0 Å². The number of hydrogen-bond acceptors (Lipinski definition) is 4. The summed E-state index contributed by atoms with van der Waals surface area (Å²) in [4.78, 5) is 22.5. The van der Waals surface area contributed by atoms with Gasteiger partial charge in [0.2, 0.25) is 0 Å². The molecule has 11 heavy (non-hydrogen) atoms. The van der Waals surface area contributed by atoms with Crippen molar-refractivity contribution in [1.82, 2.24) is 19.9 Å². The molecule has 0 aliphatic heterocycles. The van der Waals surface area contributed by atoms with Gasteiger partial charge in [0.25, 0.3) is 0 Å². The Balaban J connectivity index is 0.000000281. The third-order valence-corrected chi connectivity index (χ3v) is 1.10. The van der Waals surface area contributed by atoms with E-state index >= 15 is 0 Å². The minimum atomic E-state index is 0.713. The maximum Gasteiger partial charge on any atom is 0.180 e. The Labute approximate surface area is 62.5 Å². The van der Waals surface area contributed by atoms with Gasteiger partial charge in [0.05, 0.1) is 12.5 Å². The normalized spacial score (nSPS) is 8.73. The average molecular weight is 150 g/mol. The highest BCUT2D eigenvalue weighted by Crippen LogP contribution is 1.99. The molecule has 0 amide bonds. The predicted octanol–water partition coefficient (Wildman–Crippen LogP) is 0.168. The van der Waals surface area contributed by atoms with E-state index in [2.05, 4.69) is 19.9 Å². The van der Waals surface area contributed by atoms with Gasteiger partial charge in [-0.1, -0.05) is 0 Å². The number of aromatic nitrogens is 4. The molecule has 0 fully saturated rings. The van der Waals surface area contributed by atoms with Crippen molar-refractivity contribution in [1.29, 1.82) is 0 Å². The molecule has 0 radical (unpaired) electrons. The number of hydrogen-bond donors (Lipinski definition) is 1. The first-order chi connectivity index (χ1) is 5.47. The summed E-state index contributed by atoms with van der Waals surface area (Å²) < 4.78 is 0. The Morgan fingerprint density at radius 1 is 1.36 bits per heavy atom. The third-order valence-electron chi connectivity index (χ3n) is 1.10. The van der Waals surface area contributed by atoms with E-state index in [1.54, 1.807) is 12.5 Å². The summed E-state index contributed by atoms with van der Waals surface area (Å²) in [6.07, 6.45) is 4.76. The molecule has 56 valence electrons. The van der Waals surface area contributed by atoms with Crippen LogP contribution in [0.15, 0.2) is 18.9 Å². The number of imidazole rings is 1. The summed E-state index contributed by atoms with van der Waals surface area (Å²) in [7, 11) is 0. The molecule has 2 aromatic heterocycles. The van der Waals surface area contributed by atoms with Crippen LogP contribution in [-0.4, -0.2) is 26.7 Å². The van der Waals surface area contributed by atoms with Crippen molar-refractivity contribution in [2.75, 3.05) is 0 Å². The molecule has 0 unspecified atom stereocenters. The molecule has 1 N–H and O–H groups in total. The topological polar surface area (TPSA) is 71.5 Å². The van der Waals surface area contributed by atoms with Crippen LogP contribution in [-0.2, 0) is 4.79 Å². The first-order valence-corrected chi connectivity index (χ1v) is 2.85. The molecule has 5 nitrogen and oxygen atoms in total. The molecular formula is C6H6N4O. The van der Waals surface area contributed by atoms with Gasteiger partial charge in [-0.3, -0.25) is 0 Å². The number of rotatable bonds is 0. The number of nitrogens with one attached hydrogen (secondary N) is 1. The first-order valence-electron chi connectivity index (χ1n) is 2.85. The SMILES string of the molecule is C=O.c1ncc2[nH]cnc2n1. The van der Waals surface area contributed by atoms with Gasteiger partial charge in [-0.15, -0.1) is 0 Å². The molecule has 0 aliphatic rings. The Morgan fingerprint density at radius 2 is 2.18 bits per heavy atom. The average Bonchev–Trinajstić information content (AvgIpc) is 2.55. The summed E-state index contributed by atoms with van der Waals surface area (Å²) in [5.74, 6) is 0. The minimum Gasteiger partial charge on any atom is -0.342 e. The number of nitrogens with zero attached hydrogens (tertiary/aromatic N) is 3. The van der Waals surface area contributed by atoms with Crippen LogP contribution in [0.25, 0.3) is 11.2 Å². The number of H-pyrrole nitrogens is 1. The summed E-state index contributed by atoms with van der Waals surface area (Å²) in [5, 5.41) is 0. The summed E-state index contributed by atoms with van der Waals surface area (Å²) in [6.45, 7) is 2.00. The zero-order chi connectivity index (χ0) is 8.10. The number of carbonyl (C=O) groups excluding carboxylic acids is 1. The van der Waals surface area contributed by atoms with E-state index in [1.807, 2.05) is 6.79 Å². The lowest BCUT2D eigenvalue weighted by Crippen LogP contribution is -1.76. The highest BCUT2D eigenvalue weighted by molar-refractivity contribution is 5.67. The smallest absolute Gasteiger partial charge is 0.180 e. The largest absolute Gasteiger partial charge is 0.342 e. The predicted molar refractivity (Wildman–Crippen MR) is 38.8 cm³/mol. The zero-order valence-corrected chi connectivity index (χ0v) is 5.69. The van der Waals surface area contributed by atoms with Crippen molar-refractivity contribution in [2.24, 2.45) is 0 Å². The monoisotopic (exact) mass is 150 g/mol. The van der Waals surface area contributed by atoms with Crippen molar-refractivity contribution in [3.05, 3.63) is 18.9 Å². The van der Waals surface area contributed by atoms with E-state index in [0.29, 0.717) is 5.65 Å². The lowest BCUT2D eigenvalue weighted by atomic mass is 10.6. The van der Waals surface area contributed by atoms with E-state index in [-0.39, 0.29) is 0 Å². The highest BCUT2D eigenvalue weighted by atomic mass is 16.1. The van der Waals surface area contributed by atoms with Crippen LogP contribution in [0.5, 0.6) is 0 Å². The summed E-state index contributed by atoms with van der Waals surface area (Å²) in [5.41, 5.74) is 1.59. The fourth-order valence-electron chi connectivity index (χ4n) is 0.691. The molecule has 0 bridgehead atoms. The molecule has 0 atom stereocenters. The van der Waals surface area contributed by atoms with Gasteiger partial charge in [0.15, 0.2) is 5.65 Å². The van der Waals surface area contributed by atoms with Gasteiger partial charge in [0.1, 0.15) is 18.6 Å². The van der Waals surface area contributed by atoms with Crippen LogP contribution < -0.4 is 0 Å². The third kappa shape index (κ3) is 1.37. The zero-order valence-electron chi connectivity index (χ0n) is 5.69. The molecule has 5 heteroatoms. The van der Waals surface area contributed by atoms with Crippen LogP contribution >= 0.6 is 0 Å². The van der Waals surface area contributed by atoms with E-state index in [4.69, 9.17) is 4.79 Å². The molecular weight excluding hydrogens is 144 g/mol. The Bertz CT molecular complexity index is 302. The van der Waals surface area contributed by atoms with Gasteiger partial charge < -0.3 is 9.78 Å². The molecule has 0 saturated heterocycles. The van der Waals surface area contributed by atoms with E-state index in [9.17, 15) is 0 Å². The second-order valence-electron chi connectivity index (χ2n) is 1.66. The fraction of sp³-hybridized carbons (Fsp3) is 0. The van der Waals surface area contributed by atoms with Crippen molar-refractivity contribution in [3.63, 3.8) is 0 Å². The Hall–Kier alpha value is -1.78. The minimum absolute atomic E-state index is 0.713.